The number of nitrogens with one attached hydrogen (secondary N) is 1. The molecule has 1 aliphatic rings. The molecule has 1 atom stereocenters. The average Bonchev–Trinajstić information content (AvgIpc) is 2.70. The number of benzene rings is 2. The maximum atomic E-state index is 12.3. The molecule has 0 fully saturated rings. The molecule has 0 radical (unpaired) electrons. The van der Waals surface area contributed by atoms with Crippen LogP contribution in [0.1, 0.15) is 33.9 Å². The fourth-order valence-electron chi connectivity index (χ4n) is 3.00. The highest BCUT2D eigenvalue weighted by Crippen LogP contribution is 2.30. The fourth-order valence-corrected chi connectivity index (χ4v) is 3.00. The van der Waals surface area contributed by atoms with Crippen LogP contribution in [0.5, 0.6) is 11.5 Å². The number of amides is 2. The molecular formula is C20H21N3O4. The van der Waals surface area contributed by atoms with E-state index >= 15 is 0 Å². The number of carbonyl (C=O) groups excluding carboxylic acids is 2. The Bertz CT molecular complexity index is 879. The van der Waals surface area contributed by atoms with E-state index in [1.165, 1.54) is 0 Å². The number of hydrogen-bond donors (Lipinski definition) is 1. The van der Waals surface area contributed by atoms with E-state index in [-0.39, 0.29) is 18.2 Å². The van der Waals surface area contributed by atoms with Gasteiger partial charge < -0.3 is 14.8 Å². The van der Waals surface area contributed by atoms with E-state index in [2.05, 4.69) is 15.5 Å². The summed E-state index contributed by atoms with van der Waals surface area (Å²) in [6, 6.07) is 12.4. The third-order valence-corrected chi connectivity index (χ3v) is 4.40. The van der Waals surface area contributed by atoms with Gasteiger partial charge in [0.25, 0.3) is 5.91 Å². The molecule has 1 heterocycles. The molecule has 0 aromatic heterocycles. The first-order chi connectivity index (χ1) is 13.1. The summed E-state index contributed by atoms with van der Waals surface area (Å²) in [7, 11) is 3.18. The summed E-state index contributed by atoms with van der Waals surface area (Å²) in [5.74, 6) is 0.825. The maximum absolute atomic E-state index is 12.3. The third kappa shape index (κ3) is 4.31. The van der Waals surface area contributed by atoms with Crippen LogP contribution in [0.25, 0.3) is 0 Å². The summed E-state index contributed by atoms with van der Waals surface area (Å²) in [6.07, 6.45) is 0.813. The Balaban J connectivity index is 1.55. The van der Waals surface area contributed by atoms with Gasteiger partial charge >= 0.3 is 0 Å². The molecule has 0 bridgehead atoms. The van der Waals surface area contributed by atoms with Gasteiger partial charge in [-0.1, -0.05) is 24.3 Å². The summed E-state index contributed by atoms with van der Waals surface area (Å²) in [5.41, 5.74) is 2.28. The first-order valence-corrected chi connectivity index (χ1v) is 8.64. The number of carbonyl (C=O) groups is 2. The number of rotatable bonds is 7. The topological polar surface area (TPSA) is 89.4 Å². The van der Waals surface area contributed by atoms with Crippen LogP contribution in [0.3, 0.4) is 0 Å². The highest BCUT2D eigenvalue weighted by atomic mass is 16.5. The van der Waals surface area contributed by atoms with E-state index in [1.54, 1.807) is 26.4 Å². The van der Waals surface area contributed by atoms with Gasteiger partial charge in [0.1, 0.15) is 6.04 Å². The molecule has 1 aliphatic heterocycles. The predicted molar refractivity (Wildman–Crippen MR) is 99.2 cm³/mol. The third-order valence-electron chi connectivity index (χ3n) is 4.40. The zero-order valence-electron chi connectivity index (χ0n) is 15.3. The van der Waals surface area contributed by atoms with Crippen molar-refractivity contribution in [2.45, 2.75) is 18.9 Å². The SMILES string of the molecule is COc1ccc(CCNC(=O)CC2N=NC(=O)c3ccccc32)cc1OC. The molecule has 0 saturated carbocycles. The number of fused-ring (bicyclic) bond motifs is 1. The van der Waals surface area contributed by atoms with Crippen LogP contribution in [0.4, 0.5) is 0 Å². The van der Waals surface area contributed by atoms with Crippen molar-refractivity contribution in [1.29, 1.82) is 0 Å². The smallest absolute Gasteiger partial charge is 0.295 e. The number of nitrogens with zero attached hydrogens (tertiary/aromatic N) is 2. The van der Waals surface area contributed by atoms with Gasteiger partial charge in [-0.25, -0.2) is 0 Å². The maximum Gasteiger partial charge on any atom is 0.295 e. The summed E-state index contributed by atoms with van der Waals surface area (Å²) in [6.45, 7) is 0.485. The van der Waals surface area contributed by atoms with Crippen LogP contribution >= 0.6 is 0 Å². The molecule has 1 unspecified atom stereocenters. The van der Waals surface area contributed by atoms with Gasteiger partial charge in [-0.2, -0.15) is 5.11 Å². The molecule has 7 nitrogen and oxygen atoms in total. The molecule has 0 aliphatic carbocycles. The van der Waals surface area contributed by atoms with E-state index in [1.807, 2.05) is 30.3 Å². The van der Waals surface area contributed by atoms with Crippen LogP contribution in [-0.2, 0) is 11.2 Å². The molecule has 1 N–H and O–H groups in total. The fraction of sp³-hybridized carbons (Fsp3) is 0.300. The minimum atomic E-state index is -0.431. The minimum absolute atomic E-state index is 0.136. The summed E-state index contributed by atoms with van der Waals surface area (Å²) >= 11 is 0. The molecule has 3 rings (SSSR count). The van der Waals surface area contributed by atoms with Crippen molar-refractivity contribution < 1.29 is 19.1 Å². The lowest BCUT2D eigenvalue weighted by atomic mass is 9.97. The summed E-state index contributed by atoms with van der Waals surface area (Å²) in [4.78, 5) is 24.0. The van der Waals surface area contributed by atoms with E-state index < -0.39 is 6.04 Å². The second kappa shape index (κ2) is 8.44. The Morgan fingerprint density at radius 3 is 2.67 bits per heavy atom. The van der Waals surface area contributed by atoms with E-state index in [9.17, 15) is 9.59 Å². The van der Waals surface area contributed by atoms with Gasteiger partial charge in [0, 0.05) is 12.1 Å². The molecule has 2 aromatic rings. The van der Waals surface area contributed by atoms with Gasteiger partial charge in [-0.3, -0.25) is 9.59 Å². The zero-order chi connectivity index (χ0) is 19.2. The van der Waals surface area contributed by atoms with E-state index in [0.29, 0.717) is 30.0 Å². The van der Waals surface area contributed by atoms with E-state index in [0.717, 1.165) is 11.1 Å². The lowest BCUT2D eigenvalue weighted by molar-refractivity contribution is -0.121. The van der Waals surface area contributed by atoms with Crippen LogP contribution in [-0.4, -0.2) is 32.6 Å². The van der Waals surface area contributed by atoms with E-state index in [4.69, 9.17) is 9.47 Å². The minimum Gasteiger partial charge on any atom is -0.493 e. The lowest BCUT2D eigenvalue weighted by Gasteiger charge is -2.17. The molecular weight excluding hydrogens is 346 g/mol. The van der Waals surface area contributed by atoms with Crippen LogP contribution in [0.2, 0.25) is 0 Å². The molecule has 0 saturated heterocycles. The Labute approximate surface area is 157 Å². The van der Waals surface area contributed by atoms with Crippen molar-refractivity contribution in [3.05, 3.63) is 59.2 Å². The van der Waals surface area contributed by atoms with Gasteiger partial charge in [0.2, 0.25) is 5.91 Å². The first-order valence-electron chi connectivity index (χ1n) is 8.64. The monoisotopic (exact) mass is 367 g/mol. The van der Waals surface area contributed by atoms with Crippen LogP contribution in [0.15, 0.2) is 52.7 Å². The van der Waals surface area contributed by atoms with Crippen molar-refractivity contribution in [2.24, 2.45) is 10.2 Å². The molecule has 7 heteroatoms. The number of azo groups is 1. The Kier molecular flexibility index (Phi) is 5.80. The zero-order valence-corrected chi connectivity index (χ0v) is 15.3. The molecule has 2 aromatic carbocycles. The second-order valence-corrected chi connectivity index (χ2v) is 6.12. The average molecular weight is 367 g/mol. The summed E-state index contributed by atoms with van der Waals surface area (Å²) in [5, 5.41) is 10.5. The number of methoxy groups -OCH3 is 2. The highest BCUT2D eigenvalue weighted by molar-refractivity contribution is 5.97. The standard InChI is InChI=1S/C20H21N3O4/c1-26-17-8-7-13(11-18(17)27-2)9-10-21-19(24)12-16-14-5-3-4-6-15(14)20(25)23-22-16/h3-8,11,16H,9-10,12H2,1-2H3,(H,21,24). The van der Waals surface area contributed by atoms with Crippen LogP contribution < -0.4 is 14.8 Å². The second-order valence-electron chi connectivity index (χ2n) is 6.12. The van der Waals surface area contributed by atoms with Gasteiger partial charge in [-0.15, -0.1) is 5.11 Å². The molecule has 0 spiro atoms. The van der Waals surface area contributed by atoms with Crippen molar-refractivity contribution in [3.63, 3.8) is 0 Å². The predicted octanol–water partition coefficient (Wildman–Crippen LogP) is 3.10. The van der Waals surface area contributed by atoms with Crippen molar-refractivity contribution in [2.75, 3.05) is 20.8 Å². The van der Waals surface area contributed by atoms with Gasteiger partial charge in [0.05, 0.1) is 20.6 Å². The van der Waals surface area contributed by atoms with Crippen molar-refractivity contribution in [1.82, 2.24) is 5.32 Å². The Morgan fingerprint density at radius 2 is 1.89 bits per heavy atom. The normalized spacial score (nSPS) is 15.2. The number of hydrogen-bond acceptors (Lipinski definition) is 5. The Hall–Kier alpha value is -3.22. The van der Waals surface area contributed by atoms with Gasteiger partial charge in [0.15, 0.2) is 11.5 Å². The van der Waals surface area contributed by atoms with Crippen molar-refractivity contribution >= 4 is 11.8 Å². The molecule has 27 heavy (non-hydrogen) atoms. The van der Waals surface area contributed by atoms with Crippen LogP contribution in [0, 0.1) is 0 Å². The highest BCUT2D eigenvalue weighted by Gasteiger charge is 2.25. The quantitative estimate of drug-likeness (QED) is 0.814. The summed E-state index contributed by atoms with van der Waals surface area (Å²) < 4.78 is 10.5. The lowest BCUT2D eigenvalue weighted by Crippen LogP contribution is -2.27. The van der Waals surface area contributed by atoms with Gasteiger partial charge in [-0.05, 0) is 35.7 Å². The van der Waals surface area contributed by atoms with Crippen molar-refractivity contribution in [3.8, 4) is 11.5 Å². The number of ether oxygens (including phenoxy) is 2. The molecule has 2 amide bonds. The molecule has 140 valence electrons. The Morgan fingerprint density at radius 1 is 1.11 bits per heavy atom. The first kappa shape index (κ1) is 18.6. The largest absolute Gasteiger partial charge is 0.493 e.